The number of aryl methyl sites for hydroxylation is 3. The van der Waals surface area contributed by atoms with Crippen molar-refractivity contribution >= 4 is 29.0 Å². The largest absolute Gasteiger partial charge is 0.385 e. The van der Waals surface area contributed by atoms with E-state index >= 15 is 0 Å². The van der Waals surface area contributed by atoms with Crippen molar-refractivity contribution in [3.8, 4) is 0 Å². The minimum Gasteiger partial charge on any atom is -0.385 e. The van der Waals surface area contributed by atoms with E-state index in [1.54, 1.807) is 12.1 Å². The van der Waals surface area contributed by atoms with E-state index in [2.05, 4.69) is 136 Å². The Morgan fingerprint density at radius 3 is 1.59 bits per heavy atom. The molecule has 0 spiro atoms. The average molecular weight is 933 g/mol. The minimum absolute atomic E-state index is 0.0700. The Kier molecular flexibility index (Phi) is 25.4. The highest BCUT2D eigenvalue weighted by molar-refractivity contribution is 7.51. The van der Waals surface area contributed by atoms with Gasteiger partial charge in [-0.2, -0.15) is 8.42 Å². The Morgan fingerprint density at radius 2 is 1.15 bits per heavy atom. The van der Waals surface area contributed by atoms with Gasteiger partial charge in [0.25, 0.3) is 0 Å². The number of halogens is 2. The number of rotatable bonds is 10. The maximum atomic E-state index is 14.2. The smallest absolute Gasteiger partial charge is 0.335 e. The summed E-state index contributed by atoms with van der Waals surface area (Å²) in [6.07, 6.45) is 10.3. The molecule has 7 nitrogen and oxygen atoms in total. The molecule has 1 aromatic heterocycles. The standard InChI is InChI=1S/C17H22FN3.C15H28O.C12H17F.C12H19N.O2S/c1-11-7-14(21-16(19)20-11)8-12-5-6-13(15(18)9-12)10-17(2,3)4;1-5-12-6-8-13(9-7-12)10-14(16)11-15(2,3)4;1-9-5-6-10(11(13)7-9)8-12(2,3)4;1-10-5-7-11(8-6-10)13-9-12(2,3)4;1-3-2/h5-7,9H,8,10H2,1-4H3,(H2,19,20,21);12-13H,5-11H2,1-4H3;5-7H,8H2,1-4H3;5-8,13H,9H2,1-4H3;. The SMILES string of the molecule is CCC1CCC(CC(=O)CC(C)(C)C)CC1.Cc1cc(Cc2ccc(CC(C)(C)C)c(F)c2)nc(N)n1.Cc1ccc(CC(C)(C)C)c(F)c1.Cc1ccc(NCC(C)(C)C)cc1.O=S=O. The van der Waals surface area contributed by atoms with E-state index in [9.17, 15) is 13.6 Å². The molecular weight excluding hydrogens is 847 g/mol. The summed E-state index contributed by atoms with van der Waals surface area (Å²) in [6, 6.07) is 21.2. The molecule has 1 aliphatic carbocycles. The molecule has 1 aliphatic rings. The summed E-state index contributed by atoms with van der Waals surface area (Å²) in [5, 5.41) is 3.41. The van der Waals surface area contributed by atoms with Gasteiger partial charge < -0.3 is 11.1 Å². The quantitative estimate of drug-likeness (QED) is 0.163. The third-order valence-corrected chi connectivity index (χ3v) is 10.7. The molecule has 368 valence electrons. The maximum Gasteiger partial charge on any atom is 0.335 e. The summed E-state index contributed by atoms with van der Waals surface area (Å²) >= 11 is -0.750. The number of nitrogens with one attached hydrogen (secondary N) is 1. The van der Waals surface area contributed by atoms with Crippen molar-refractivity contribution in [3.63, 3.8) is 0 Å². The zero-order valence-electron chi connectivity index (χ0n) is 43.6. The Morgan fingerprint density at radius 1 is 0.667 bits per heavy atom. The van der Waals surface area contributed by atoms with E-state index in [1.165, 1.54) is 43.4 Å². The molecule has 1 heterocycles. The van der Waals surface area contributed by atoms with E-state index in [4.69, 9.17) is 14.2 Å². The van der Waals surface area contributed by atoms with Gasteiger partial charge in [0.1, 0.15) is 17.4 Å². The van der Waals surface area contributed by atoms with Gasteiger partial charge in [-0.15, -0.1) is 0 Å². The number of hydrogen-bond donors (Lipinski definition) is 2. The number of carbonyl (C=O) groups is 1. The van der Waals surface area contributed by atoms with Gasteiger partial charge in [-0.3, -0.25) is 4.79 Å². The molecule has 4 aromatic rings. The fourth-order valence-corrected chi connectivity index (χ4v) is 7.61. The Hall–Kier alpha value is -4.31. The van der Waals surface area contributed by atoms with E-state index in [0.717, 1.165) is 71.8 Å². The van der Waals surface area contributed by atoms with Gasteiger partial charge in [-0.1, -0.05) is 151 Å². The van der Waals surface area contributed by atoms with Crippen molar-refractivity contribution in [2.45, 2.75) is 175 Å². The van der Waals surface area contributed by atoms with E-state index in [-0.39, 0.29) is 33.8 Å². The summed E-state index contributed by atoms with van der Waals surface area (Å²) in [5.41, 5.74) is 14.0. The van der Waals surface area contributed by atoms with Crippen LogP contribution in [0.15, 0.2) is 66.7 Å². The number of nitrogens with zero attached hydrogens (tertiary/aromatic N) is 2. The van der Waals surface area contributed by atoms with Crippen molar-refractivity contribution in [3.05, 3.63) is 118 Å². The summed E-state index contributed by atoms with van der Waals surface area (Å²) in [4.78, 5) is 20.1. The maximum absolute atomic E-state index is 14.2. The summed E-state index contributed by atoms with van der Waals surface area (Å²) in [6.45, 7) is 35.0. The number of carbonyl (C=O) groups excluding carboxylic acids is 1. The number of aromatic nitrogens is 2. The van der Waals surface area contributed by atoms with Crippen molar-refractivity contribution in [1.82, 2.24) is 9.97 Å². The van der Waals surface area contributed by atoms with Crippen LogP contribution in [0.1, 0.15) is 174 Å². The number of nitrogen functional groups attached to an aromatic ring is 1. The second-order valence-corrected chi connectivity index (χ2v) is 23.3. The molecule has 0 atom stereocenters. The molecule has 3 aromatic carbocycles. The Labute approximate surface area is 403 Å². The van der Waals surface area contributed by atoms with Gasteiger partial charge in [0, 0.05) is 37.2 Å². The lowest BCUT2D eigenvalue weighted by atomic mass is 9.77. The normalized spacial score (nSPS) is 14.9. The van der Waals surface area contributed by atoms with E-state index in [1.807, 2.05) is 44.2 Å². The summed E-state index contributed by atoms with van der Waals surface area (Å²) < 4.78 is 44.1. The molecule has 0 radical (unpaired) electrons. The molecule has 66 heavy (non-hydrogen) atoms. The first-order chi connectivity index (χ1) is 30.4. The highest BCUT2D eigenvalue weighted by Gasteiger charge is 2.24. The number of Topliss-reactive ketones (excluding diaryl/α,β-unsaturated/α-hetero) is 1. The molecule has 0 amide bonds. The third-order valence-electron chi connectivity index (χ3n) is 10.7. The van der Waals surface area contributed by atoms with E-state index in [0.29, 0.717) is 23.5 Å². The summed E-state index contributed by atoms with van der Waals surface area (Å²) in [5.74, 6) is 2.14. The number of anilines is 2. The van der Waals surface area contributed by atoms with E-state index < -0.39 is 11.6 Å². The van der Waals surface area contributed by atoms with Crippen LogP contribution in [0.5, 0.6) is 0 Å². The van der Waals surface area contributed by atoms with Crippen LogP contribution in [0, 0.1) is 65.9 Å². The first kappa shape index (κ1) is 59.7. The second-order valence-electron chi connectivity index (χ2n) is 23.2. The number of benzene rings is 3. The first-order valence-electron chi connectivity index (χ1n) is 23.8. The third kappa shape index (κ3) is 28.7. The minimum atomic E-state index is -0.750. The molecule has 1 fully saturated rings. The number of hydrogen-bond acceptors (Lipinski definition) is 7. The molecule has 3 N–H and O–H groups in total. The van der Waals surface area contributed by atoms with Gasteiger partial charge in [0.05, 0.1) is 5.69 Å². The Bertz CT molecular complexity index is 2060. The van der Waals surface area contributed by atoms with Crippen LogP contribution in [0.3, 0.4) is 0 Å². The van der Waals surface area contributed by atoms with Crippen LogP contribution in [-0.2, 0) is 35.6 Å². The first-order valence-corrected chi connectivity index (χ1v) is 24.4. The lowest BCUT2D eigenvalue weighted by Crippen LogP contribution is -2.20. The van der Waals surface area contributed by atoms with Crippen molar-refractivity contribution in [1.29, 1.82) is 0 Å². The van der Waals surface area contributed by atoms with Crippen molar-refractivity contribution in [2.24, 2.45) is 33.5 Å². The van der Waals surface area contributed by atoms with Crippen molar-refractivity contribution < 1.29 is 22.0 Å². The molecular formula is C56H86F2N4O3S. The van der Waals surface area contributed by atoms with Crippen LogP contribution >= 0.6 is 0 Å². The van der Waals surface area contributed by atoms with Gasteiger partial charge >= 0.3 is 11.6 Å². The lowest BCUT2D eigenvalue weighted by molar-refractivity contribution is -0.122. The molecule has 0 bridgehead atoms. The topological polar surface area (TPSA) is 115 Å². The zero-order chi connectivity index (χ0) is 50.5. The Balaban J connectivity index is 0.000000439. The molecule has 0 unspecified atom stereocenters. The van der Waals surface area contributed by atoms with Gasteiger partial charge in [-0.25, -0.2) is 18.7 Å². The van der Waals surface area contributed by atoms with Gasteiger partial charge in [0.15, 0.2) is 0 Å². The van der Waals surface area contributed by atoms with Crippen LogP contribution in [0.25, 0.3) is 0 Å². The van der Waals surface area contributed by atoms with Crippen molar-refractivity contribution in [2.75, 3.05) is 17.6 Å². The fourth-order valence-electron chi connectivity index (χ4n) is 7.61. The predicted molar refractivity (Wildman–Crippen MR) is 275 cm³/mol. The van der Waals surface area contributed by atoms with Gasteiger partial charge in [-0.05, 0) is 133 Å². The highest BCUT2D eigenvalue weighted by atomic mass is 32.1. The lowest BCUT2D eigenvalue weighted by Gasteiger charge is -2.28. The monoisotopic (exact) mass is 933 g/mol. The zero-order valence-corrected chi connectivity index (χ0v) is 44.5. The summed E-state index contributed by atoms with van der Waals surface area (Å²) in [7, 11) is 0. The van der Waals surface area contributed by atoms with Crippen LogP contribution in [-0.4, -0.2) is 30.7 Å². The highest BCUT2D eigenvalue weighted by Crippen LogP contribution is 2.34. The van der Waals surface area contributed by atoms with Crippen LogP contribution in [0.2, 0.25) is 0 Å². The average Bonchev–Trinajstić information content (AvgIpc) is 3.16. The van der Waals surface area contributed by atoms with Crippen LogP contribution in [0.4, 0.5) is 20.4 Å². The van der Waals surface area contributed by atoms with Crippen LogP contribution < -0.4 is 11.1 Å². The molecule has 5 rings (SSSR count). The second kappa shape index (κ2) is 28.1. The molecule has 10 heteroatoms. The predicted octanol–water partition coefficient (Wildman–Crippen LogP) is 14.8. The molecule has 1 saturated carbocycles. The fraction of sp³-hybridized carbons (Fsp3) is 0.589. The molecule has 0 aliphatic heterocycles. The number of ketones is 1. The molecule has 0 saturated heterocycles. The number of nitrogens with two attached hydrogens (primary N) is 1. The van der Waals surface area contributed by atoms with Gasteiger partial charge in [0.2, 0.25) is 5.95 Å².